The van der Waals surface area contributed by atoms with Crippen molar-refractivity contribution in [3.8, 4) is 0 Å². The molecule has 2 N–H and O–H groups in total. The van der Waals surface area contributed by atoms with Gasteiger partial charge in [0.25, 0.3) is 0 Å². The molecule has 0 radical (unpaired) electrons. The standard InChI is InChI=1S/C10H14ClN/c1-2-4-10(12)8-5-3-6-9(11)7-8/h3,5-7,10H,2,4,12H2,1H3. The molecule has 66 valence electrons. The van der Waals surface area contributed by atoms with Crippen molar-refractivity contribution in [3.05, 3.63) is 34.9 Å². The maximum atomic E-state index is 5.92. The number of rotatable bonds is 3. The van der Waals surface area contributed by atoms with Gasteiger partial charge in [0.15, 0.2) is 0 Å². The molecule has 0 heterocycles. The fourth-order valence-corrected chi connectivity index (χ4v) is 1.41. The van der Waals surface area contributed by atoms with Crippen molar-refractivity contribution < 1.29 is 0 Å². The largest absolute Gasteiger partial charge is 0.324 e. The Kier molecular flexibility index (Phi) is 3.57. The second kappa shape index (κ2) is 4.48. The van der Waals surface area contributed by atoms with E-state index in [0.29, 0.717) is 0 Å². The Bertz CT molecular complexity index is 247. The molecule has 12 heavy (non-hydrogen) atoms. The maximum absolute atomic E-state index is 5.92. The zero-order valence-corrected chi connectivity index (χ0v) is 8.01. The van der Waals surface area contributed by atoms with Gasteiger partial charge < -0.3 is 5.73 Å². The van der Waals surface area contributed by atoms with E-state index in [0.717, 1.165) is 23.4 Å². The quantitative estimate of drug-likeness (QED) is 0.766. The zero-order chi connectivity index (χ0) is 8.97. The minimum absolute atomic E-state index is 0.133. The third kappa shape index (κ3) is 2.50. The normalized spacial score (nSPS) is 12.9. The molecule has 1 unspecified atom stereocenters. The van der Waals surface area contributed by atoms with E-state index in [9.17, 15) is 0 Å². The minimum Gasteiger partial charge on any atom is -0.324 e. The average molecular weight is 184 g/mol. The van der Waals surface area contributed by atoms with Crippen LogP contribution in [0.2, 0.25) is 5.02 Å². The van der Waals surface area contributed by atoms with Gasteiger partial charge in [-0.05, 0) is 24.1 Å². The molecule has 1 atom stereocenters. The molecule has 1 nitrogen and oxygen atoms in total. The van der Waals surface area contributed by atoms with Gasteiger partial charge in [0.1, 0.15) is 0 Å². The third-order valence-corrected chi connectivity index (χ3v) is 2.11. The van der Waals surface area contributed by atoms with E-state index < -0.39 is 0 Å². The lowest BCUT2D eigenvalue weighted by Gasteiger charge is -2.10. The summed E-state index contributed by atoms with van der Waals surface area (Å²) in [5.41, 5.74) is 7.04. The number of benzene rings is 1. The first-order valence-corrected chi connectivity index (χ1v) is 4.63. The molecular formula is C10H14ClN. The Labute approximate surface area is 78.5 Å². The Morgan fingerprint density at radius 3 is 2.83 bits per heavy atom. The van der Waals surface area contributed by atoms with Crippen LogP contribution in [0.5, 0.6) is 0 Å². The topological polar surface area (TPSA) is 26.0 Å². The van der Waals surface area contributed by atoms with Crippen LogP contribution in [-0.4, -0.2) is 0 Å². The molecule has 2 heteroatoms. The lowest BCUT2D eigenvalue weighted by Crippen LogP contribution is -2.09. The second-order valence-corrected chi connectivity index (χ2v) is 3.39. The second-order valence-electron chi connectivity index (χ2n) is 2.95. The highest BCUT2D eigenvalue weighted by Gasteiger charge is 2.03. The van der Waals surface area contributed by atoms with Gasteiger partial charge in [0.2, 0.25) is 0 Å². The van der Waals surface area contributed by atoms with E-state index in [-0.39, 0.29) is 6.04 Å². The molecule has 0 aromatic heterocycles. The van der Waals surface area contributed by atoms with E-state index in [1.165, 1.54) is 0 Å². The maximum Gasteiger partial charge on any atom is 0.0409 e. The van der Waals surface area contributed by atoms with Gasteiger partial charge in [-0.25, -0.2) is 0 Å². The summed E-state index contributed by atoms with van der Waals surface area (Å²) in [6.45, 7) is 2.13. The zero-order valence-electron chi connectivity index (χ0n) is 7.26. The van der Waals surface area contributed by atoms with E-state index in [1.54, 1.807) is 0 Å². The summed E-state index contributed by atoms with van der Waals surface area (Å²) in [5.74, 6) is 0. The van der Waals surface area contributed by atoms with Crippen LogP contribution in [0.25, 0.3) is 0 Å². The van der Waals surface area contributed by atoms with Crippen LogP contribution in [0.4, 0.5) is 0 Å². The predicted octanol–water partition coefficient (Wildman–Crippen LogP) is 3.14. The lowest BCUT2D eigenvalue weighted by molar-refractivity contribution is 0.638. The van der Waals surface area contributed by atoms with Gasteiger partial charge in [-0.3, -0.25) is 0 Å². The summed E-state index contributed by atoms with van der Waals surface area (Å²) in [4.78, 5) is 0. The molecule has 0 amide bonds. The van der Waals surface area contributed by atoms with Gasteiger partial charge in [-0.2, -0.15) is 0 Å². The average Bonchev–Trinajstić information content (AvgIpc) is 2.05. The SMILES string of the molecule is CCCC(N)c1cccc(Cl)c1. The first-order valence-electron chi connectivity index (χ1n) is 4.25. The van der Waals surface area contributed by atoms with E-state index in [1.807, 2.05) is 24.3 Å². The summed E-state index contributed by atoms with van der Waals surface area (Å²) in [7, 11) is 0. The first-order chi connectivity index (χ1) is 5.74. The molecule has 0 saturated carbocycles. The van der Waals surface area contributed by atoms with Crippen LogP contribution < -0.4 is 5.73 Å². The van der Waals surface area contributed by atoms with Crippen molar-refractivity contribution in [3.63, 3.8) is 0 Å². The Hall–Kier alpha value is -0.530. The lowest BCUT2D eigenvalue weighted by atomic mass is 10.0. The summed E-state index contributed by atoms with van der Waals surface area (Å²) in [6, 6.07) is 7.89. The molecule has 0 aliphatic carbocycles. The van der Waals surface area contributed by atoms with Crippen molar-refractivity contribution in [1.82, 2.24) is 0 Å². The van der Waals surface area contributed by atoms with Crippen LogP contribution in [-0.2, 0) is 0 Å². The molecule has 0 saturated heterocycles. The van der Waals surface area contributed by atoms with Crippen molar-refractivity contribution >= 4 is 11.6 Å². The fraction of sp³-hybridized carbons (Fsp3) is 0.400. The first kappa shape index (κ1) is 9.56. The fourth-order valence-electron chi connectivity index (χ4n) is 1.21. The van der Waals surface area contributed by atoms with Crippen LogP contribution in [0.1, 0.15) is 31.4 Å². The van der Waals surface area contributed by atoms with E-state index in [4.69, 9.17) is 17.3 Å². The summed E-state index contributed by atoms with van der Waals surface area (Å²) >= 11 is 5.83. The molecule has 0 aliphatic heterocycles. The molecule has 1 aromatic rings. The van der Waals surface area contributed by atoms with Gasteiger partial charge in [-0.1, -0.05) is 37.1 Å². The van der Waals surface area contributed by atoms with Crippen LogP contribution in [0, 0.1) is 0 Å². The van der Waals surface area contributed by atoms with E-state index in [2.05, 4.69) is 6.92 Å². The Morgan fingerprint density at radius 2 is 2.25 bits per heavy atom. The third-order valence-electron chi connectivity index (χ3n) is 1.88. The summed E-state index contributed by atoms with van der Waals surface area (Å²) in [5, 5.41) is 0.763. The molecular weight excluding hydrogens is 170 g/mol. The van der Waals surface area contributed by atoms with Gasteiger partial charge in [-0.15, -0.1) is 0 Å². The minimum atomic E-state index is 0.133. The molecule has 0 fully saturated rings. The highest BCUT2D eigenvalue weighted by Crippen LogP contribution is 2.18. The number of halogens is 1. The van der Waals surface area contributed by atoms with Crippen molar-refractivity contribution in [1.29, 1.82) is 0 Å². The van der Waals surface area contributed by atoms with Gasteiger partial charge in [0.05, 0.1) is 0 Å². The van der Waals surface area contributed by atoms with Crippen LogP contribution in [0.15, 0.2) is 24.3 Å². The molecule has 1 aromatic carbocycles. The van der Waals surface area contributed by atoms with Gasteiger partial charge >= 0.3 is 0 Å². The number of nitrogens with two attached hydrogens (primary N) is 1. The monoisotopic (exact) mass is 183 g/mol. The smallest absolute Gasteiger partial charge is 0.0409 e. The number of hydrogen-bond acceptors (Lipinski definition) is 1. The van der Waals surface area contributed by atoms with Crippen molar-refractivity contribution in [2.24, 2.45) is 5.73 Å². The highest BCUT2D eigenvalue weighted by atomic mass is 35.5. The van der Waals surface area contributed by atoms with Crippen molar-refractivity contribution in [2.75, 3.05) is 0 Å². The summed E-state index contributed by atoms with van der Waals surface area (Å²) < 4.78 is 0. The predicted molar refractivity (Wildman–Crippen MR) is 53.3 cm³/mol. The van der Waals surface area contributed by atoms with Crippen molar-refractivity contribution in [2.45, 2.75) is 25.8 Å². The summed E-state index contributed by atoms with van der Waals surface area (Å²) in [6.07, 6.45) is 2.12. The molecule has 0 aliphatic rings. The molecule has 1 rings (SSSR count). The van der Waals surface area contributed by atoms with Crippen LogP contribution >= 0.6 is 11.6 Å². The molecule has 0 bridgehead atoms. The Balaban J connectivity index is 2.73. The highest BCUT2D eigenvalue weighted by molar-refractivity contribution is 6.30. The van der Waals surface area contributed by atoms with Crippen LogP contribution in [0.3, 0.4) is 0 Å². The van der Waals surface area contributed by atoms with Gasteiger partial charge in [0, 0.05) is 11.1 Å². The van der Waals surface area contributed by atoms with E-state index >= 15 is 0 Å². The Morgan fingerprint density at radius 1 is 1.50 bits per heavy atom. The molecule has 0 spiro atoms. The number of hydrogen-bond donors (Lipinski definition) is 1.